The van der Waals surface area contributed by atoms with Crippen molar-refractivity contribution in [3.63, 3.8) is 0 Å². The number of benzene rings is 1. The van der Waals surface area contributed by atoms with Crippen LogP contribution in [-0.2, 0) is 6.42 Å². The fourth-order valence-electron chi connectivity index (χ4n) is 1.41. The molecule has 1 aromatic heterocycles. The Morgan fingerprint density at radius 1 is 1.44 bits per heavy atom. The lowest BCUT2D eigenvalue weighted by atomic mass is 10.3. The minimum atomic E-state index is -0.430. The van der Waals surface area contributed by atoms with Crippen molar-refractivity contribution in [1.29, 1.82) is 0 Å². The van der Waals surface area contributed by atoms with Crippen LogP contribution in [0.4, 0.5) is 5.69 Å². The lowest BCUT2D eigenvalue weighted by Gasteiger charge is -2.02. The predicted molar refractivity (Wildman–Crippen MR) is 66.8 cm³/mol. The first-order valence-electron chi connectivity index (χ1n) is 5.24. The highest BCUT2D eigenvalue weighted by atomic mass is 32.2. The normalized spacial score (nSPS) is 10.5. The molecule has 0 unspecified atom stereocenters. The van der Waals surface area contributed by atoms with Crippen molar-refractivity contribution >= 4 is 17.4 Å². The largest absolute Gasteiger partial charge is 0.336 e. The van der Waals surface area contributed by atoms with Gasteiger partial charge < -0.3 is 5.84 Å². The van der Waals surface area contributed by atoms with E-state index in [0.29, 0.717) is 22.3 Å². The summed E-state index contributed by atoms with van der Waals surface area (Å²) in [5.41, 5.74) is 0.0311. The van der Waals surface area contributed by atoms with Crippen LogP contribution in [0.3, 0.4) is 0 Å². The Balaban J connectivity index is 2.34. The van der Waals surface area contributed by atoms with E-state index >= 15 is 0 Å². The number of nitrogens with zero attached hydrogens (tertiary/aromatic N) is 4. The molecule has 2 N–H and O–H groups in total. The molecule has 2 aromatic rings. The molecule has 0 saturated heterocycles. The Bertz CT molecular complexity index is 583. The number of hydrogen-bond donors (Lipinski definition) is 1. The van der Waals surface area contributed by atoms with Crippen LogP contribution in [0.1, 0.15) is 12.7 Å². The second-order valence-electron chi connectivity index (χ2n) is 3.45. The lowest BCUT2D eigenvalue weighted by molar-refractivity contribution is -0.387. The Morgan fingerprint density at radius 2 is 2.17 bits per heavy atom. The summed E-state index contributed by atoms with van der Waals surface area (Å²) in [6.07, 6.45) is 0.654. The molecule has 18 heavy (non-hydrogen) atoms. The first-order valence-corrected chi connectivity index (χ1v) is 6.05. The number of para-hydroxylation sites is 1. The van der Waals surface area contributed by atoms with Gasteiger partial charge in [0, 0.05) is 12.5 Å². The zero-order valence-corrected chi connectivity index (χ0v) is 10.4. The molecular weight excluding hydrogens is 254 g/mol. The fourth-order valence-corrected chi connectivity index (χ4v) is 2.29. The van der Waals surface area contributed by atoms with E-state index in [1.165, 1.54) is 10.7 Å². The van der Waals surface area contributed by atoms with Gasteiger partial charge >= 0.3 is 0 Å². The molecule has 1 heterocycles. The monoisotopic (exact) mass is 265 g/mol. The van der Waals surface area contributed by atoms with Crippen LogP contribution < -0.4 is 5.84 Å². The third kappa shape index (κ3) is 2.28. The zero-order valence-electron chi connectivity index (χ0n) is 9.61. The molecular formula is C10H11N5O2S. The molecule has 2 rings (SSSR count). The minimum Gasteiger partial charge on any atom is -0.336 e. The highest BCUT2D eigenvalue weighted by Crippen LogP contribution is 2.33. The SMILES string of the molecule is CCc1nnc(Sc2ccccc2[N+](=O)[O-])n1N. The van der Waals surface area contributed by atoms with Gasteiger partial charge in [-0.15, -0.1) is 10.2 Å². The van der Waals surface area contributed by atoms with Gasteiger partial charge in [0.05, 0.1) is 9.82 Å². The van der Waals surface area contributed by atoms with Crippen LogP contribution in [0.2, 0.25) is 0 Å². The van der Waals surface area contributed by atoms with Crippen LogP contribution in [-0.4, -0.2) is 19.8 Å². The molecule has 0 atom stereocenters. The van der Waals surface area contributed by atoms with Gasteiger partial charge in [-0.05, 0) is 17.8 Å². The van der Waals surface area contributed by atoms with Crippen molar-refractivity contribution in [2.24, 2.45) is 0 Å². The van der Waals surface area contributed by atoms with Crippen molar-refractivity contribution in [3.8, 4) is 0 Å². The maximum Gasteiger partial charge on any atom is 0.283 e. The molecule has 0 aliphatic rings. The van der Waals surface area contributed by atoms with E-state index in [1.807, 2.05) is 6.92 Å². The Morgan fingerprint density at radius 3 is 2.78 bits per heavy atom. The standard InChI is InChI=1S/C10H11N5O2S/c1-2-9-12-13-10(14(9)11)18-8-6-4-3-5-7(8)15(16)17/h3-6H,2,11H2,1H3. The van der Waals surface area contributed by atoms with Crippen molar-refractivity contribution in [1.82, 2.24) is 14.9 Å². The van der Waals surface area contributed by atoms with Crippen molar-refractivity contribution in [3.05, 3.63) is 40.2 Å². The molecule has 0 spiro atoms. The van der Waals surface area contributed by atoms with Gasteiger partial charge in [0.15, 0.2) is 5.82 Å². The van der Waals surface area contributed by atoms with Crippen LogP contribution >= 0.6 is 11.8 Å². The van der Waals surface area contributed by atoms with Crippen molar-refractivity contribution < 1.29 is 4.92 Å². The summed E-state index contributed by atoms with van der Waals surface area (Å²) in [5, 5.41) is 19.1. The summed E-state index contributed by atoms with van der Waals surface area (Å²) >= 11 is 1.13. The number of nitrogen functional groups attached to an aromatic ring is 1. The fraction of sp³-hybridized carbons (Fsp3) is 0.200. The van der Waals surface area contributed by atoms with Gasteiger partial charge in [0.25, 0.3) is 5.69 Å². The summed E-state index contributed by atoms with van der Waals surface area (Å²) < 4.78 is 1.35. The van der Waals surface area contributed by atoms with Gasteiger partial charge in [0.1, 0.15) is 0 Å². The van der Waals surface area contributed by atoms with E-state index in [1.54, 1.807) is 18.2 Å². The molecule has 0 amide bonds. The number of nitro benzene ring substituents is 1. The molecule has 8 heteroatoms. The van der Waals surface area contributed by atoms with Crippen LogP contribution in [0.25, 0.3) is 0 Å². The smallest absolute Gasteiger partial charge is 0.283 e. The molecule has 1 aromatic carbocycles. The topological polar surface area (TPSA) is 99.9 Å². The Hall–Kier alpha value is -2.09. The molecule has 0 saturated carbocycles. The molecule has 0 aliphatic heterocycles. The number of hydrogen-bond acceptors (Lipinski definition) is 6. The number of aryl methyl sites for hydroxylation is 1. The summed E-state index contributed by atoms with van der Waals surface area (Å²) in [7, 11) is 0. The first kappa shape index (κ1) is 12.4. The first-order chi connectivity index (χ1) is 8.63. The molecule has 7 nitrogen and oxygen atoms in total. The van der Waals surface area contributed by atoms with E-state index in [2.05, 4.69) is 10.2 Å². The molecule has 0 radical (unpaired) electrons. The van der Waals surface area contributed by atoms with E-state index in [0.717, 1.165) is 11.8 Å². The minimum absolute atomic E-state index is 0.0311. The second kappa shape index (κ2) is 5.05. The van der Waals surface area contributed by atoms with Crippen LogP contribution in [0.15, 0.2) is 34.3 Å². The van der Waals surface area contributed by atoms with E-state index in [4.69, 9.17) is 5.84 Å². The average molecular weight is 265 g/mol. The maximum atomic E-state index is 10.9. The highest BCUT2D eigenvalue weighted by molar-refractivity contribution is 7.99. The van der Waals surface area contributed by atoms with Crippen molar-refractivity contribution in [2.75, 3.05) is 5.84 Å². The molecule has 94 valence electrons. The summed E-state index contributed by atoms with van der Waals surface area (Å²) in [6.45, 7) is 1.91. The second-order valence-corrected chi connectivity index (χ2v) is 4.46. The van der Waals surface area contributed by atoms with Gasteiger partial charge in [-0.2, -0.15) is 0 Å². The summed E-state index contributed by atoms with van der Waals surface area (Å²) in [6, 6.07) is 6.45. The predicted octanol–water partition coefficient (Wildman–Crippen LogP) is 1.61. The van der Waals surface area contributed by atoms with E-state index in [9.17, 15) is 10.1 Å². The Kier molecular flexibility index (Phi) is 3.47. The average Bonchev–Trinajstić information content (AvgIpc) is 2.71. The van der Waals surface area contributed by atoms with Crippen LogP contribution in [0, 0.1) is 10.1 Å². The van der Waals surface area contributed by atoms with Gasteiger partial charge in [0.2, 0.25) is 5.16 Å². The quantitative estimate of drug-likeness (QED) is 0.512. The molecule has 0 bridgehead atoms. The third-order valence-corrected chi connectivity index (χ3v) is 3.34. The van der Waals surface area contributed by atoms with E-state index in [-0.39, 0.29) is 5.69 Å². The van der Waals surface area contributed by atoms with Gasteiger partial charge in [-0.25, -0.2) is 4.68 Å². The Labute approximate surface area is 107 Å². The number of rotatable bonds is 4. The zero-order chi connectivity index (χ0) is 13.1. The number of nitro groups is 1. The van der Waals surface area contributed by atoms with Crippen molar-refractivity contribution in [2.45, 2.75) is 23.4 Å². The van der Waals surface area contributed by atoms with Gasteiger partial charge in [-0.3, -0.25) is 10.1 Å². The number of aromatic nitrogens is 3. The third-order valence-electron chi connectivity index (χ3n) is 2.31. The summed E-state index contributed by atoms with van der Waals surface area (Å²) in [4.78, 5) is 10.9. The van der Waals surface area contributed by atoms with Crippen LogP contribution in [0.5, 0.6) is 0 Å². The molecule has 0 fully saturated rings. The maximum absolute atomic E-state index is 10.9. The highest BCUT2D eigenvalue weighted by Gasteiger charge is 2.17. The number of nitrogens with two attached hydrogens (primary N) is 1. The molecule has 0 aliphatic carbocycles. The lowest BCUT2D eigenvalue weighted by Crippen LogP contribution is -2.13. The van der Waals surface area contributed by atoms with Gasteiger partial charge in [-0.1, -0.05) is 19.1 Å². The van der Waals surface area contributed by atoms with E-state index < -0.39 is 4.92 Å². The summed E-state index contributed by atoms with van der Waals surface area (Å²) in [5.74, 6) is 6.42.